The first-order chi connectivity index (χ1) is 6.99. The summed E-state index contributed by atoms with van der Waals surface area (Å²) in [4.78, 5) is 13.4. The predicted octanol–water partition coefficient (Wildman–Crippen LogP) is 2.97. The first-order valence-electron chi connectivity index (χ1n) is 3.96. The summed E-state index contributed by atoms with van der Waals surface area (Å²) in [5.74, 6) is -0.131. The fraction of sp³-hybridized carbons (Fsp3) is 0.375. The number of pyridine rings is 1. The molecule has 1 rings (SSSR count). The van der Waals surface area contributed by atoms with Crippen molar-refractivity contribution in [3.8, 4) is 0 Å². The highest BCUT2D eigenvalue weighted by Crippen LogP contribution is 2.30. The van der Waals surface area contributed by atoms with E-state index in [1.165, 1.54) is 6.92 Å². The van der Waals surface area contributed by atoms with Crippen LogP contribution in [0.4, 0.5) is 14.5 Å². The van der Waals surface area contributed by atoms with Gasteiger partial charge >= 0.3 is 0 Å². The highest BCUT2D eigenvalue weighted by atomic mass is 35.5. The van der Waals surface area contributed by atoms with Crippen molar-refractivity contribution in [1.82, 2.24) is 4.98 Å². The first-order valence-corrected chi connectivity index (χ1v) is 4.49. The van der Waals surface area contributed by atoms with Crippen molar-refractivity contribution in [3.63, 3.8) is 0 Å². The molecule has 0 fully saturated rings. The molecule has 7 heteroatoms. The minimum absolute atomic E-state index is 0.131. The normalized spacial score (nSPS) is 10.7. The van der Waals surface area contributed by atoms with Crippen LogP contribution < -0.4 is 0 Å². The molecule has 0 amide bonds. The lowest BCUT2D eigenvalue weighted by atomic mass is 10.1. The van der Waals surface area contributed by atoms with E-state index in [4.69, 9.17) is 11.6 Å². The molecule has 0 saturated heterocycles. The van der Waals surface area contributed by atoms with Crippen molar-refractivity contribution in [3.05, 3.63) is 33.1 Å². The van der Waals surface area contributed by atoms with Crippen LogP contribution in [0.5, 0.6) is 0 Å². The van der Waals surface area contributed by atoms with E-state index < -0.39 is 17.0 Å². The maximum atomic E-state index is 12.4. The van der Waals surface area contributed by atoms with Gasteiger partial charge in [0.2, 0.25) is 0 Å². The summed E-state index contributed by atoms with van der Waals surface area (Å²) < 4.78 is 24.8. The topological polar surface area (TPSA) is 56.0 Å². The molecule has 0 aliphatic heterocycles. The molecule has 0 aromatic carbocycles. The Bertz CT molecular complexity index is 398. The van der Waals surface area contributed by atoms with Crippen molar-refractivity contribution >= 4 is 17.3 Å². The Morgan fingerprint density at radius 2 is 2.27 bits per heavy atom. The second-order valence-electron chi connectivity index (χ2n) is 2.83. The second-order valence-corrected chi connectivity index (χ2v) is 3.10. The van der Waals surface area contributed by atoms with Gasteiger partial charge in [-0.05, 0) is 6.92 Å². The summed E-state index contributed by atoms with van der Waals surface area (Å²) in [5, 5.41) is 10.7. The van der Waals surface area contributed by atoms with Gasteiger partial charge in [0.15, 0.2) is 0 Å². The number of nitro groups is 1. The Balaban J connectivity index is 3.42. The van der Waals surface area contributed by atoms with E-state index in [1.807, 2.05) is 0 Å². The number of nitrogens with zero attached hydrogens (tertiary/aromatic N) is 2. The molecule has 0 bridgehead atoms. The lowest BCUT2D eigenvalue weighted by Gasteiger charge is -2.06. The smallest absolute Gasteiger partial charge is 0.258 e. The van der Waals surface area contributed by atoms with Gasteiger partial charge in [-0.15, -0.1) is 11.6 Å². The molecule has 1 aromatic heterocycles. The molecule has 0 saturated carbocycles. The van der Waals surface area contributed by atoms with Crippen LogP contribution in [0.3, 0.4) is 0 Å². The molecular formula is C8H7ClF2N2O2. The second kappa shape index (κ2) is 4.48. The SMILES string of the molecule is Cc1c(C(F)F)ncc(CCl)c1[N+](=O)[O-]. The van der Waals surface area contributed by atoms with Crippen LogP contribution in [-0.2, 0) is 5.88 Å². The van der Waals surface area contributed by atoms with E-state index in [1.54, 1.807) is 0 Å². The summed E-state index contributed by atoms with van der Waals surface area (Å²) in [6.07, 6.45) is -1.81. The van der Waals surface area contributed by atoms with Gasteiger partial charge in [-0.2, -0.15) is 0 Å². The molecular weight excluding hydrogens is 230 g/mol. The average molecular weight is 237 g/mol. The quantitative estimate of drug-likeness (QED) is 0.461. The minimum atomic E-state index is -2.83. The van der Waals surface area contributed by atoms with Crippen LogP contribution in [0.2, 0.25) is 0 Å². The Kier molecular flexibility index (Phi) is 3.52. The fourth-order valence-electron chi connectivity index (χ4n) is 1.24. The number of alkyl halides is 3. The van der Waals surface area contributed by atoms with Gasteiger partial charge in [-0.25, -0.2) is 8.78 Å². The van der Waals surface area contributed by atoms with E-state index >= 15 is 0 Å². The van der Waals surface area contributed by atoms with E-state index in [-0.39, 0.29) is 22.7 Å². The van der Waals surface area contributed by atoms with Gasteiger partial charge in [0.25, 0.3) is 12.1 Å². The molecule has 0 unspecified atom stereocenters. The molecule has 1 heterocycles. The first kappa shape index (κ1) is 11.8. The predicted molar refractivity (Wildman–Crippen MR) is 50.1 cm³/mol. The lowest BCUT2D eigenvalue weighted by molar-refractivity contribution is -0.386. The third kappa shape index (κ3) is 2.20. The van der Waals surface area contributed by atoms with Crippen LogP contribution in [0, 0.1) is 17.0 Å². The van der Waals surface area contributed by atoms with Crippen molar-refractivity contribution in [2.45, 2.75) is 19.2 Å². The van der Waals surface area contributed by atoms with E-state index in [0.717, 1.165) is 6.20 Å². The number of hydrogen-bond donors (Lipinski definition) is 0. The Morgan fingerprint density at radius 1 is 1.67 bits per heavy atom. The zero-order valence-corrected chi connectivity index (χ0v) is 8.46. The van der Waals surface area contributed by atoms with Crippen LogP contribution in [0.15, 0.2) is 6.20 Å². The van der Waals surface area contributed by atoms with E-state index in [9.17, 15) is 18.9 Å². The van der Waals surface area contributed by atoms with Crippen molar-refractivity contribution < 1.29 is 13.7 Å². The van der Waals surface area contributed by atoms with Crippen molar-refractivity contribution in [2.24, 2.45) is 0 Å². The van der Waals surface area contributed by atoms with Gasteiger partial charge in [-0.1, -0.05) is 0 Å². The number of aromatic nitrogens is 1. The summed E-state index contributed by atoms with van der Waals surface area (Å²) in [5.41, 5.74) is -0.942. The molecule has 0 radical (unpaired) electrons. The van der Waals surface area contributed by atoms with Crippen LogP contribution in [0.1, 0.15) is 23.2 Å². The van der Waals surface area contributed by atoms with Crippen LogP contribution in [-0.4, -0.2) is 9.91 Å². The molecule has 0 aliphatic carbocycles. The summed E-state index contributed by atoms with van der Waals surface area (Å²) in [7, 11) is 0. The molecule has 82 valence electrons. The third-order valence-corrected chi connectivity index (χ3v) is 2.22. The van der Waals surface area contributed by atoms with Crippen molar-refractivity contribution in [1.29, 1.82) is 0 Å². The zero-order chi connectivity index (χ0) is 11.6. The molecule has 0 spiro atoms. The monoisotopic (exact) mass is 236 g/mol. The molecule has 15 heavy (non-hydrogen) atoms. The van der Waals surface area contributed by atoms with Gasteiger partial charge in [0.1, 0.15) is 5.69 Å². The van der Waals surface area contributed by atoms with Crippen LogP contribution in [0.25, 0.3) is 0 Å². The molecule has 4 nitrogen and oxygen atoms in total. The highest BCUT2D eigenvalue weighted by Gasteiger charge is 2.24. The van der Waals surface area contributed by atoms with Gasteiger partial charge in [0, 0.05) is 6.20 Å². The van der Waals surface area contributed by atoms with E-state index in [2.05, 4.69) is 4.98 Å². The summed E-state index contributed by atoms with van der Waals surface area (Å²) in [6, 6.07) is 0. The third-order valence-electron chi connectivity index (χ3n) is 1.94. The minimum Gasteiger partial charge on any atom is -0.258 e. The maximum absolute atomic E-state index is 12.4. The largest absolute Gasteiger partial charge is 0.280 e. The molecule has 0 aliphatic rings. The zero-order valence-electron chi connectivity index (χ0n) is 7.71. The Morgan fingerprint density at radius 3 is 2.67 bits per heavy atom. The Hall–Kier alpha value is -1.30. The lowest BCUT2D eigenvalue weighted by Crippen LogP contribution is -2.03. The highest BCUT2D eigenvalue weighted by molar-refractivity contribution is 6.17. The summed E-state index contributed by atoms with van der Waals surface area (Å²) >= 11 is 5.45. The Labute approximate surface area is 89.0 Å². The van der Waals surface area contributed by atoms with Crippen LogP contribution >= 0.6 is 11.6 Å². The summed E-state index contributed by atoms with van der Waals surface area (Å²) in [6.45, 7) is 1.24. The molecule has 0 N–H and O–H groups in total. The van der Waals surface area contributed by atoms with Crippen molar-refractivity contribution in [2.75, 3.05) is 0 Å². The standard InChI is InChI=1S/C8H7ClF2N2O2/c1-4-6(8(10)11)12-3-5(2-9)7(4)13(14)15/h3,8H,2H2,1H3. The number of hydrogen-bond acceptors (Lipinski definition) is 3. The van der Waals surface area contributed by atoms with Gasteiger partial charge < -0.3 is 0 Å². The fourth-order valence-corrected chi connectivity index (χ4v) is 1.44. The molecule has 1 aromatic rings. The maximum Gasteiger partial charge on any atom is 0.280 e. The number of halogens is 3. The van der Waals surface area contributed by atoms with E-state index in [0.29, 0.717) is 0 Å². The van der Waals surface area contributed by atoms with Gasteiger partial charge in [-0.3, -0.25) is 15.1 Å². The molecule has 0 atom stereocenters. The average Bonchev–Trinajstić information content (AvgIpc) is 2.15. The number of rotatable bonds is 3. The van der Waals surface area contributed by atoms with Gasteiger partial charge in [0.05, 0.1) is 21.9 Å².